The highest BCUT2D eigenvalue weighted by Gasteiger charge is 1.98. The van der Waals surface area contributed by atoms with Crippen LogP contribution in [-0.4, -0.2) is 22.2 Å². The minimum absolute atomic E-state index is 0.538. The minimum atomic E-state index is -0.989. The third kappa shape index (κ3) is 38.4. The molecule has 0 amide bonds. The van der Waals surface area contributed by atoms with Gasteiger partial charge in [0.25, 0.3) is 0 Å². The highest BCUT2D eigenvalue weighted by Crippen LogP contribution is 2.17. The fraction of sp³-hybridized carbons (Fsp3) is 0.842. The first kappa shape index (κ1) is 40.4. The van der Waals surface area contributed by atoms with Gasteiger partial charge in [0.15, 0.2) is 0 Å². The Labute approximate surface area is 261 Å². The zero-order valence-electron chi connectivity index (χ0n) is 27.6. The van der Waals surface area contributed by atoms with Gasteiger partial charge in [-0.15, -0.1) is 0 Å². The third-order valence-corrected chi connectivity index (χ3v) is 8.52. The van der Waals surface area contributed by atoms with Crippen LogP contribution < -0.4 is 0 Å². The molecular formula is C38H70O4. The molecular weight excluding hydrogens is 520 g/mol. The van der Waals surface area contributed by atoms with Crippen molar-refractivity contribution in [1.82, 2.24) is 0 Å². The fourth-order valence-corrected chi connectivity index (χ4v) is 5.86. The molecule has 246 valence electrons. The number of carbonyl (C=O) groups is 2. The molecule has 0 heterocycles. The van der Waals surface area contributed by atoms with E-state index in [1.165, 1.54) is 205 Å². The lowest BCUT2D eigenvalue weighted by molar-refractivity contribution is -0.132. The normalized spacial score (nSPS) is 20.3. The van der Waals surface area contributed by atoms with Gasteiger partial charge in [0, 0.05) is 12.2 Å². The Morgan fingerprint density at radius 1 is 0.310 bits per heavy atom. The van der Waals surface area contributed by atoms with Crippen LogP contribution in [0, 0.1) is 0 Å². The second kappa shape index (κ2) is 35.6. The lowest BCUT2D eigenvalue weighted by Crippen LogP contribution is -1.86. The van der Waals surface area contributed by atoms with Gasteiger partial charge in [-0.1, -0.05) is 205 Å². The second-order valence-corrected chi connectivity index (χ2v) is 12.7. The molecule has 0 bridgehead atoms. The van der Waals surface area contributed by atoms with E-state index in [0.717, 1.165) is 12.2 Å². The fourth-order valence-electron chi connectivity index (χ4n) is 5.86. The maximum absolute atomic E-state index is 9.94. The van der Waals surface area contributed by atoms with Crippen LogP contribution >= 0.6 is 0 Å². The summed E-state index contributed by atoms with van der Waals surface area (Å²) in [4.78, 5) is 19.9. The van der Waals surface area contributed by atoms with Gasteiger partial charge < -0.3 is 10.2 Å². The summed E-state index contributed by atoms with van der Waals surface area (Å²) in [5, 5.41) is 16.3. The van der Waals surface area contributed by atoms with Crippen molar-refractivity contribution in [2.24, 2.45) is 0 Å². The van der Waals surface area contributed by atoms with Gasteiger partial charge in [-0.25, -0.2) is 9.59 Å². The van der Waals surface area contributed by atoms with Gasteiger partial charge in [0.1, 0.15) is 0 Å². The van der Waals surface area contributed by atoms with E-state index in [4.69, 9.17) is 10.2 Å². The molecule has 0 saturated heterocycles. The first-order valence-corrected chi connectivity index (χ1v) is 18.4. The topological polar surface area (TPSA) is 74.6 Å². The predicted octanol–water partition coefficient (Wildman–Crippen LogP) is 12.8. The molecule has 3 saturated carbocycles. The molecule has 0 spiro atoms. The molecule has 42 heavy (non-hydrogen) atoms. The van der Waals surface area contributed by atoms with Crippen molar-refractivity contribution >= 4 is 11.9 Å². The molecule has 0 aromatic carbocycles. The van der Waals surface area contributed by atoms with E-state index >= 15 is 0 Å². The molecule has 0 atom stereocenters. The Balaban J connectivity index is 0.000000535. The predicted molar refractivity (Wildman–Crippen MR) is 181 cm³/mol. The van der Waals surface area contributed by atoms with Gasteiger partial charge in [0.05, 0.1) is 0 Å². The number of carboxylic acids is 2. The Hall–Kier alpha value is -1.58. The molecule has 3 aliphatic rings. The van der Waals surface area contributed by atoms with Gasteiger partial charge in [-0.2, -0.15) is 0 Å². The number of carboxylic acid groups (broad SMARTS) is 2. The van der Waals surface area contributed by atoms with Crippen molar-refractivity contribution in [2.45, 2.75) is 205 Å². The number of hydrogen-bond acceptors (Lipinski definition) is 2. The number of aliphatic carboxylic acids is 2. The molecule has 3 rings (SSSR count). The molecule has 3 aliphatic carbocycles. The van der Waals surface area contributed by atoms with E-state index in [0.29, 0.717) is 12.8 Å². The highest BCUT2D eigenvalue weighted by molar-refractivity contribution is 5.80. The maximum Gasteiger partial charge on any atom is 0.327 e. The average Bonchev–Trinajstić information content (AvgIpc) is 3.00. The maximum atomic E-state index is 9.94. The lowest BCUT2D eigenvalue weighted by atomic mass is 10.0. The van der Waals surface area contributed by atoms with Gasteiger partial charge in [-0.3, -0.25) is 0 Å². The summed E-state index contributed by atoms with van der Waals surface area (Å²) in [6, 6.07) is 0. The summed E-state index contributed by atoms with van der Waals surface area (Å²) in [5.41, 5.74) is 0. The van der Waals surface area contributed by atoms with E-state index in [2.05, 4.69) is 0 Å². The van der Waals surface area contributed by atoms with Crippen LogP contribution in [0.1, 0.15) is 205 Å². The lowest BCUT2D eigenvalue weighted by Gasteiger charge is -2.05. The van der Waals surface area contributed by atoms with Crippen LogP contribution in [0.5, 0.6) is 0 Å². The van der Waals surface area contributed by atoms with Crippen LogP contribution in [-0.2, 0) is 9.59 Å². The number of allylic oxidation sites excluding steroid dienone is 2. The Bertz CT molecular complexity index is 453. The van der Waals surface area contributed by atoms with Crippen LogP contribution in [0.3, 0.4) is 0 Å². The first-order chi connectivity index (χ1) is 20.6. The van der Waals surface area contributed by atoms with Gasteiger partial charge in [0.2, 0.25) is 0 Å². The summed E-state index contributed by atoms with van der Waals surface area (Å²) in [5.74, 6) is -1.98. The molecule has 0 aromatic rings. The molecule has 4 heteroatoms. The highest BCUT2D eigenvalue weighted by atomic mass is 16.4. The van der Waals surface area contributed by atoms with E-state index in [1.807, 2.05) is 0 Å². The van der Waals surface area contributed by atoms with Crippen molar-refractivity contribution in [1.29, 1.82) is 0 Å². The van der Waals surface area contributed by atoms with E-state index in [1.54, 1.807) is 0 Å². The second-order valence-electron chi connectivity index (χ2n) is 12.7. The number of unbranched alkanes of at least 4 members (excludes halogenated alkanes) is 1. The third-order valence-electron chi connectivity index (χ3n) is 8.52. The summed E-state index contributed by atoms with van der Waals surface area (Å²) < 4.78 is 0. The van der Waals surface area contributed by atoms with Crippen LogP contribution in [0.4, 0.5) is 0 Å². The van der Waals surface area contributed by atoms with Crippen LogP contribution in [0.25, 0.3) is 0 Å². The van der Waals surface area contributed by atoms with E-state index in [9.17, 15) is 9.59 Å². The molecule has 0 unspecified atom stereocenters. The van der Waals surface area contributed by atoms with Crippen LogP contribution in [0.2, 0.25) is 0 Å². The molecule has 4 nitrogen and oxygen atoms in total. The Morgan fingerprint density at radius 2 is 0.429 bits per heavy atom. The van der Waals surface area contributed by atoms with Crippen LogP contribution in [0.15, 0.2) is 24.3 Å². The van der Waals surface area contributed by atoms with Gasteiger partial charge in [-0.05, 0) is 12.8 Å². The largest absolute Gasteiger partial charge is 0.478 e. The average molecular weight is 591 g/mol. The summed E-state index contributed by atoms with van der Waals surface area (Å²) >= 11 is 0. The standard InChI is InChI=1S/3C10H20.C8H10O4/c3*1-2-4-6-8-10-9-7-5-3-1;9-7(10)5-3-1-2-4-6-8(11)12/h3*1-10H2;3-6H,1-2H2,(H,9,10)(H,11,12). The monoisotopic (exact) mass is 591 g/mol. The molecule has 0 radical (unpaired) electrons. The van der Waals surface area contributed by atoms with Gasteiger partial charge >= 0.3 is 11.9 Å². The zero-order chi connectivity index (χ0) is 30.6. The number of hydrogen-bond donors (Lipinski definition) is 2. The van der Waals surface area contributed by atoms with Crippen molar-refractivity contribution in [3.05, 3.63) is 24.3 Å². The van der Waals surface area contributed by atoms with Crippen molar-refractivity contribution in [3.63, 3.8) is 0 Å². The Morgan fingerprint density at radius 3 is 0.524 bits per heavy atom. The van der Waals surface area contributed by atoms with E-state index < -0.39 is 11.9 Å². The number of rotatable bonds is 5. The van der Waals surface area contributed by atoms with E-state index in [-0.39, 0.29) is 0 Å². The first-order valence-electron chi connectivity index (χ1n) is 18.4. The van der Waals surface area contributed by atoms with Crippen molar-refractivity contribution in [2.75, 3.05) is 0 Å². The van der Waals surface area contributed by atoms with Crippen molar-refractivity contribution < 1.29 is 19.8 Å². The Kier molecular flexibility index (Phi) is 34.3. The molecule has 0 aromatic heterocycles. The zero-order valence-corrected chi connectivity index (χ0v) is 27.6. The molecule has 0 aliphatic heterocycles. The molecule has 2 N–H and O–H groups in total. The minimum Gasteiger partial charge on any atom is -0.478 e. The molecule has 3 fully saturated rings. The van der Waals surface area contributed by atoms with Crippen molar-refractivity contribution in [3.8, 4) is 0 Å². The quantitative estimate of drug-likeness (QED) is 0.247. The smallest absolute Gasteiger partial charge is 0.327 e. The summed E-state index contributed by atoms with van der Waals surface area (Å²) in [7, 11) is 0. The summed E-state index contributed by atoms with van der Waals surface area (Å²) in [6.07, 6.45) is 51.1. The summed E-state index contributed by atoms with van der Waals surface area (Å²) in [6.45, 7) is 0. The SMILES string of the molecule is C1CCCCCCCCC1.C1CCCCCCCCC1.C1CCCCCCCCC1.O=C(O)C=CCCC=CC(=O)O.